The molecule has 0 fully saturated rings. The second kappa shape index (κ2) is 12.7. The lowest BCUT2D eigenvalue weighted by Gasteiger charge is -2.14. The molecule has 0 aromatic carbocycles. The molecular weight excluding hydrogens is 352 g/mol. The molecule has 0 saturated carbocycles. The first-order valence-electron chi connectivity index (χ1n) is 9.25. The van der Waals surface area contributed by atoms with Gasteiger partial charge < -0.3 is 19.9 Å². The number of amides is 3. The Labute approximate surface area is 159 Å². The molecule has 9 heteroatoms. The predicted octanol–water partition coefficient (Wildman–Crippen LogP) is 1.76. The van der Waals surface area contributed by atoms with E-state index in [1.165, 1.54) is 19.2 Å². The summed E-state index contributed by atoms with van der Waals surface area (Å²) in [5.74, 6) is 0.333. The standard InChI is InChI=1S/C18H30N4O5/c1-4-6-8-26-15-10-14(19-12-16(15)27-9-7-5-2)17(24)21-22-18(25)20-11-13(3)23/h10,12-13,23H,4-9,11H2,1-3H3,(H,21,24)(H2,20,22,25)/t13-/m1/s1. The molecule has 1 heterocycles. The van der Waals surface area contributed by atoms with Gasteiger partial charge in [0.2, 0.25) is 0 Å². The summed E-state index contributed by atoms with van der Waals surface area (Å²) in [5.41, 5.74) is 4.52. The van der Waals surface area contributed by atoms with Crippen molar-refractivity contribution >= 4 is 11.9 Å². The number of pyridine rings is 1. The van der Waals surface area contributed by atoms with Crippen molar-refractivity contribution in [3.05, 3.63) is 18.0 Å². The van der Waals surface area contributed by atoms with Crippen molar-refractivity contribution in [2.75, 3.05) is 19.8 Å². The minimum absolute atomic E-state index is 0.0686. The van der Waals surface area contributed by atoms with E-state index in [4.69, 9.17) is 14.6 Å². The van der Waals surface area contributed by atoms with Gasteiger partial charge in [0.25, 0.3) is 5.91 Å². The predicted molar refractivity (Wildman–Crippen MR) is 101 cm³/mol. The average Bonchev–Trinajstić information content (AvgIpc) is 2.65. The Morgan fingerprint density at radius 2 is 1.74 bits per heavy atom. The Balaban J connectivity index is 2.70. The van der Waals surface area contributed by atoms with Crippen molar-refractivity contribution in [1.82, 2.24) is 21.2 Å². The maximum Gasteiger partial charge on any atom is 0.333 e. The van der Waals surface area contributed by atoms with Gasteiger partial charge in [-0.05, 0) is 19.8 Å². The van der Waals surface area contributed by atoms with Gasteiger partial charge in [-0.1, -0.05) is 26.7 Å². The molecule has 1 atom stereocenters. The number of aromatic nitrogens is 1. The van der Waals surface area contributed by atoms with Crippen LogP contribution in [0.5, 0.6) is 11.5 Å². The molecule has 0 saturated heterocycles. The normalized spacial score (nSPS) is 11.4. The molecule has 0 unspecified atom stereocenters. The molecule has 1 rings (SSSR count). The number of nitrogens with one attached hydrogen (secondary N) is 3. The molecule has 27 heavy (non-hydrogen) atoms. The summed E-state index contributed by atoms with van der Waals surface area (Å²) in [6, 6.07) is 0.852. The lowest BCUT2D eigenvalue weighted by Crippen LogP contribution is -2.48. The van der Waals surface area contributed by atoms with Crippen LogP contribution < -0.4 is 25.6 Å². The SMILES string of the molecule is CCCCOc1cnc(C(=O)NNC(=O)NC[C@@H](C)O)cc1OCCCC. The van der Waals surface area contributed by atoms with Crippen LogP contribution in [0.25, 0.3) is 0 Å². The molecule has 0 aliphatic rings. The topological polar surface area (TPSA) is 122 Å². The zero-order valence-electron chi connectivity index (χ0n) is 16.2. The lowest BCUT2D eigenvalue weighted by atomic mass is 10.3. The van der Waals surface area contributed by atoms with E-state index in [0.717, 1.165) is 25.7 Å². The zero-order valence-corrected chi connectivity index (χ0v) is 16.2. The molecular formula is C18H30N4O5. The van der Waals surface area contributed by atoms with Crippen molar-refractivity contribution in [3.63, 3.8) is 0 Å². The number of urea groups is 1. The van der Waals surface area contributed by atoms with E-state index in [2.05, 4.69) is 35.0 Å². The van der Waals surface area contributed by atoms with Crippen LogP contribution in [-0.4, -0.2) is 47.9 Å². The highest BCUT2D eigenvalue weighted by atomic mass is 16.5. The minimum Gasteiger partial charge on any atom is -0.490 e. The summed E-state index contributed by atoms with van der Waals surface area (Å²) in [5, 5.41) is 11.5. The molecule has 0 bridgehead atoms. The first-order chi connectivity index (χ1) is 13.0. The largest absolute Gasteiger partial charge is 0.490 e. The van der Waals surface area contributed by atoms with E-state index in [9.17, 15) is 9.59 Å². The fourth-order valence-corrected chi connectivity index (χ4v) is 1.88. The molecule has 3 amide bonds. The van der Waals surface area contributed by atoms with Crippen molar-refractivity contribution < 1.29 is 24.2 Å². The van der Waals surface area contributed by atoms with Gasteiger partial charge in [0.1, 0.15) is 5.69 Å². The third kappa shape index (κ3) is 9.09. The smallest absolute Gasteiger partial charge is 0.333 e. The van der Waals surface area contributed by atoms with Gasteiger partial charge in [0, 0.05) is 12.6 Å². The zero-order chi connectivity index (χ0) is 20.1. The van der Waals surface area contributed by atoms with Gasteiger partial charge in [0.15, 0.2) is 11.5 Å². The van der Waals surface area contributed by atoms with E-state index in [0.29, 0.717) is 24.7 Å². The van der Waals surface area contributed by atoms with Gasteiger partial charge in [-0.25, -0.2) is 15.2 Å². The van der Waals surface area contributed by atoms with Crippen LogP contribution in [-0.2, 0) is 0 Å². The number of hydrazine groups is 1. The van der Waals surface area contributed by atoms with Gasteiger partial charge in [-0.15, -0.1) is 0 Å². The summed E-state index contributed by atoms with van der Waals surface area (Å²) in [4.78, 5) is 27.8. The van der Waals surface area contributed by atoms with Crippen molar-refractivity contribution in [2.24, 2.45) is 0 Å². The number of unbranched alkanes of at least 4 members (excludes halogenated alkanes) is 2. The summed E-state index contributed by atoms with van der Waals surface area (Å²) in [7, 11) is 0. The summed E-state index contributed by atoms with van der Waals surface area (Å²) < 4.78 is 11.4. The van der Waals surface area contributed by atoms with Crippen molar-refractivity contribution in [1.29, 1.82) is 0 Å². The van der Waals surface area contributed by atoms with Gasteiger partial charge >= 0.3 is 6.03 Å². The molecule has 0 aliphatic heterocycles. The van der Waals surface area contributed by atoms with E-state index in [1.54, 1.807) is 0 Å². The van der Waals surface area contributed by atoms with Crippen LogP contribution in [0.15, 0.2) is 12.3 Å². The second-order valence-corrected chi connectivity index (χ2v) is 6.06. The number of carbonyl (C=O) groups excluding carboxylic acids is 2. The Morgan fingerprint density at radius 1 is 1.11 bits per heavy atom. The number of nitrogens with zero attached hydrogens (tertiary/aromatic N) is 1. The number of aliphatic hydroxyl groups excluding tert-OH is 1. The Bertz CT molecular complexity index is 595. The number of aliphatic hydroxyl groups is 1. The highest BCUT2D eigenvalue weighted by Gasteiger charge is 2.14. The van der Waals surface area contributed by atoms with Crippen LogP contribution in [0.2, 0.25) is 0 Å². The highest BCUT2D eigenvalue weighted by molar-refractivity contribution is 5.94. The van der Waals surface area contributed by atoms with E-state index >= 15 is 0 Å². The molecule has 9 nitrogen and oxygen atoms in total. The molecule has 4 N–H and O–H groups in total. The van der Waals surface area contributed by atoms with E-state index in [-0.39, 0.29) is 12.2 Å². The third-order valence-electron chi connectivity index (χ3n) is 3.42. The first kappa shape index (κ1) is 22.5. The lowest BCUT2D eigenvalue weighted by molar-refractivity contribution is 0.0930. The summed E-state index contributed by atoms with van der Waals surface area (Å²) >= 11 is 0. The van der Waals surface area contributed by atoms with Crippen LogP contribution in [0.3, 0.4) is 0 Å². The number of ether oxygens (including phenoxy) is 2. The van der Waals surface area contributed by atoms with Crippen LogP contribution in [0.4, 0.5) is 4.79 Å². The quantitative estimate of drug-likeness (QED) is 0.342. The van der Waals surface area contributed by atoms with Gasteiger partial charge in [-0.2, -0.15) is 0 Å². The maximum absolute atomic E-state index is 12.2. The molecule has 0 radical (unpaired) electrons. The number of hydrogen-bond acceptors (Lipinski definition) is 6. The molecule has 1 aromatic rings. The Hall–Kier alpha value is -2.55. The number of hydrogen-bond donors (Lipinski definition) is 4. The molecule has 0 aliphatic carbocycles. The first-order valence-corrected chi connectivity index (χ1v) is 9.25. The third-order valence-corrected chi connectivity index (χ3v) is 3.42. The molecule has 0 spiro atoms. The van der Waals surface area contributed by atoms with E-state index in [1.807, 2.05) is 0 Å². The van der Waals surface area contributed by atoms with Crippen LogP contribution in [0, 0.1) is 0 Å². The second-order valence-electron chi connectivity index (χ2n) is 6.06. The number of carbonyl (C=O) groups is 2. The molecule has 152 valence electrons. The average molecular weight is 382 g/mol. The fourth-order valence-electron chi connectivity index (χ4n) is 1.88. The van der Waals surface area contributed by atoms with Gasteiger partial charge in [-0.3, -0.25) is 10.2 Å². The Kier molecular flexibility index (Phi) is 10.6. The maximum atomic E-state index is 12.2. The van der Waals surface area contributed by atoms with Crippen LogP contribution >= 0.6 is 0 Å². The molecule has 1 aromatic heterocycles. The number of rotatable bonds is 11. The van der Waals surface area contributed by atoms with Gasteiger partial charge in [0.05, 0.1) is 25.5 Å². The fraction of sp³-hybridized carbons (Fsp3) is 0.611. The Morgan fingerprint density at radius 3 is 2.33 bits per heavy atom. The highest BCUT2D eigenvalue weighted by Crippen LogP contribution is 2.27. The summed E-state index contributed by atoms with van der Waals surface area (Å²) in [6.45, 7) is 6.77. The van der Waals surface area contributed by atoms with E-state index < -0.39 is 18.0 Å². The van der Waals surface area contributed by atoms with Crippen molar-refractivity contribution in [2.45, 2.75) is 52.6 Å². The van der Waals surface area contributed by atoms with Crippen molar-refractivity contribution in [3.8, 4) is 11.5 Å². The minimum atomic E-state index is -0.684. The summed E-state index contributed by atoms with van der Waals surface area (Å²) in [6.07, 6.45) is 4.53. The van der Waals surface area contributed by atoms with Crippen LogP contribution in [0.1, 0.15) is 56.9 Å². The monoisotopic (exact) mass is 382 g/mol.